The van der Waals surface area contributed by atoms with Crippen molar-refractivity contribution in [3.63, 3.8) is 0 Å². The number of nitrogens with zero attached hydrogens (tertiary/aromatic N) is 6. The first-order chi connectivity index (χ1) is 18.7. The maximum Gasteiger partial charge on any atom is 0.253 e. The number of hydrogen-bond acceptors (Lipinski definition) is 8. The summed E-state index contributed by atoms with van der Waals surface area (Å²) in [7, 11) is 0. The molecule has 6 rings (SSSR count). The van der Waals surface area contributed by atoms with Crippen LogP contribution < -0.4 is 15.0 Å². The molecule has 204 valence electrons. The minimum Gasteiger partial charge on any atom is -0.454 e. The highest BCUT2D eigenvalue weighted by Gasteiger charge is 2.35. The van der Waals surface area contributed by atoms with Gasteiger partial charge in [-0.25, -0.2) is 4.68 Å². The Kier molecular flexibility index (Phi) is 6.39. The fraction of sp³-hybridized carbons (Fsp3) is 0.448. The van der Waals surface area contributed by atoms with Gasteiger partial charge in [-0.3, -0.25) is 14.6 Å². The van der Waals surface area contributed by atoms with Gasteiger partial charge >= 0.3 is 0 Å². The van der Waals surface area contributed by atoms with Crippen LogP contribution in [-0.2, 0) is 12.1 Å². The first kappa shape index (κ1) is 25.5. The van der Waals surface area contributed by atoms with E-state index >= 15 is 0 Å². The smallest absolute Gasteiger partial charge is 0.253 e. The molecule has 2 aromatic heterocycles. The van der Waals surface area contributed by atoms with Gasteiger partial charge in [-0.15, -0.1) is 5.10 Å². The quantitative estimate of drug-likeness (QED) is 0.419. The average Bonchev–Trinajstić information content (AvgIpc) is 3.58. The number of ether oxygens (including phenoxy) is 2. The van der Waals surface area contributed by atoms with E-state index in [1.807, 2.05) is 29.8 Å². The van der Waals surface area contributed by atoms with Crippen molar-refractivity contribution in [1.82, 2.24) is 35.0 Å². The molecule has 2 aromatic carbocycles. The summed E-state index contributed by atoms with van der Waals surface area (Å²) in [5, 5.41) is 13.9. The van der Waals surface area contributed by atoms with Crippen molar-refractivity contribution in [2.24, 2.45) is 0 Å². The predicted octanol–water partition coefficient (Wildman–Crippen LogP) is 3.52. The third-order valence-corrected chi connectivity index (χ3v) is 7.76. The zero-order chi connectivity index (χ0) is 27.3. The number of rotatable bonds is 5. The van der Waals surface area contributed by atoms with Crippen LogP contribution in [0.25, 0.3) is 10.9 Å². The van der Waals surface area contributed by atoms with Crippen LogP contribution >= 0.6 is 0 Å². The molecule has 0 bridgehead atoms. The van der Waals surface area contributed by atoms with Crippen molar-refractivity contribution in [2.75, 3.05) is 33.0 Å². The molecule has 1 saturated heterocycles. The summed E-state index contributed by atoms with van der Waals surface area (Å²) in [6.45, 7) is 14.7. The standard InChI is InChI=1S/C29H35N7O3/c1-18-6-7-19(2)25-21(18)15-22(28(37)30-25)26(27-31-32-33-36(27)29(3,4)5)35-12-10-34(11-13-35)16-20-8-9-23-24(14-20)39-17-38-23/h6-9,14-15,26H,10-13,16-17H2,1-5H3,(H,30,37)/t26-/m0/s1. The fourth-order valence-electron chi connectivity index (χ4n) is 5.61. The number of pyridine rings is 1. The van der Waals surface area contributed by atoms with Gasteiger partial charge in [-0.1, -0.05) is 18.2 Å². The average molecular weight is 530 g/mol. The van der Waals surface area contributed by atoms with Crippen molar-refractivity contribution >= 4 is 10.9 Å². The maximum absolute atomic E-state index is 13.6. The Balaban J connectivity index is 1.33. The maximum atomic E-state index is 13.6. The summed E-state index contributed by atoms with van der Waals surface area (Å²) in [4.78, 5) is 21.6. The molecule has 4 heterocycles. The van der Waals surface area contributed by atoms with Crippen LogP contribution in [0.3, 0.4) is 0 Å². The number of piperazine rings is 1. The fourth-order valence-corrected chi connectivity index (χ4v) is 5.61. The minimum absolute atomic E-state index is 0.104. The van der Waals surface area contributed by atoms with E-state index in [1.165, 1.54) is 5.56 Å². The number of fused-ring (bicyclic) bond motifs is 2. The third kappa shape index (κ3) is 4.79. The highest BCUT2D eigenvalue weighted by atomic mass is 16.7. The number of aromatic nitrogens is 5. The Morgan fingerprint density at radius 2 is 1.72 bits per heavy atom. The van der Waals surface area contributed by atoms with Crippen LogP contribution in [0.5, 0.6) is 11.5 Å². The lowest BCUT2D eigenvalue weighted by Crippen LogP contribution is -2.49. The highest BCUT2D eigenvalue weighted by molar-refractivity contribution is 5.85. The summed E-state index contributed by atoms with van der Waals surface area (Å²) < 4.78 is 12.9. The van der Waals surface area contributed by atoms with E-state index in [4.69, 9.17) is 9.47 Å². The van der Waals surface area contributed by atoms with Crippen LogP contribution in [0.1, 0.15) is 54.9 Å². The number of nitrogens with one attached hydrogen (secondary N) is 1. The highest BCUT2D eigenvalue weighted by Crippen LogP contribution is 2.34. The summed E-state index contributed by atoms with van der Waals surface area (Å²) in [5.41, 5.74) is 4.47. The number of aromatic amines is 1. The van der Waals surface area contributed by atoms with Crippen molar-refractivity contribution in [1.29, 1.82) is 0 Å². The third-order valence-electron chi connectivity index (χ3n) is 7.76. The Morgan fingerprint density at radius 3 is 2.49 bits per heavy atom. The largest absolute Gasteiger partial charge is 0.454 e. The molecule has 0 saturated carbocycles. The van der Waals surface area contributed by atoms with E-state index in [-0.39, 0.29) is 23.9 Å². The molecule has 39 heavy (non-hydrogen) atoms. The van der Waals surface area contributed by atoms with Crippen LogP contribution in [0.4, 0.5) is 0 Å². The van der Waals surface area contributed by atoms with E-state index in [2.05, 4.69) is 76.2 Å². The summed E-state index contributed by atoms with van der Waals surface area (Å²) >= 11 is 0. The van der Waals surface area contributed by atoms with Crippen LogP contribution in [0.15, 0.2) is 41.2 Å². The van der Waals surface area contributed by atoms with Crippen molar-refractivity contribution in [3.05, 3.63) is 74.8 Å². The topological polar surface area (TPSA) is 101 Å². The van der Waals surface area contributed by atoms with Gasteiger partial charge in [-0.2, -0.15) is 0 Å². The van der Waals surface area contributed by atoms with Gasteiger partial charge in [0.25, 0.3) is 5.56 Å². The zero-order valence-corrected chi connectivity index (χ0v) is 23.2. The van der Waals surface area contributed by atoms with Gasteiger partial charge in [0.05, 0.1) is 11.1 Å². The Bertz CT molecular complexity index is 1580. The second-order valence-electron chi connectivity index (χ2n) is 11.6. The molecule has 10 heteroatoms. The van der Waals surface area contributed by atoms with Crippen molar-refractivity contribution in [3.8, 4) is 11.5 Å². The van der Waals surface area contributed by atoms with Gasteiger partial charge in [0, 0.05) is 43.7 Å². The SMILES string of the molecule is Cc1ccc(C)c2[nH]c(=O)c([C@@H](c3nnnn3C(C)(C)C)N3CCN(Cc4ccc5c(c4)OCO5)CC3)cc12. The lowest BCUT2D eigenvalue weighted by Gasteiger charge is -2.39. The van der Waals surface area contributed by atoms with Crippen molar-refractivity contribution in [2.45, 2.75) is 52.7 Å². The first-order valence-electron chi connectivity index (χ1n) is 13.5. The van der Waals surface area contributed by atoms with Crippen LogP contribution in [-0.4, -0.2) is 68.0 Å². The molecule has 0 amide bonds. The molecule has 1 atom stereocenters. The summed E-state index contributed by atoms with van der Waals surface area (Å²) in [6, 6.07) is 12.0. The predicted molar refractivity (Wildman–Crippen MR) is 148 cm³/mol. The van der Waals surface area contributed by atoms with Crippen LogP contribution in [0, 0.1) is 13.8 Å². The number of aryl methyl sites for hydroxylation is 2. The van der Waals surface area contributed by atoms with Crippen molar-refractivity contribution < 1.29 is 9.47 Å². The molecule has 1 fully saturated rings. The van der Waals surface area contributed by atoms with Gasteiger partial charge in [-0.05, 0) is 79.9 Å². The second kappa shape index (κ2) is 9.77. The Labute approximate surface area is 227 Å². The van der Waals surface area contributed by atoms with Gasteiger partial charge in [0.15, 0.2) is 17.3 Å². The lowest BCUT2D eigenvalue weighted by atomic mass is 9.98. The van der Waals surface area contributed by atoms with E-state index < -0.39 is 0 Å². The number of tetrazole rings is 1. The number of hydrogen-bond donors (Lipinski definition) is 1. The summed E-state index contributed by atoms with van der Waals surface area (Å²) in [6.07, 6.45) is 0. The Morgan fingerprint density at radius 1 is 0.974 bits per heavy atom. The van der Waals surface area contributed by atoms with Gasteiger partial charge < -0.3 is 14.5 Å². The number of H-pyrrole nitrogens is 1. The molecule has 1 N–H and O–H groups in total. The molecule has 0 aliphatic carbocycles. The molecule has 0 unspecified atom stereocenters. The lowest BCUT2D eigenvalue weighted by molar-refractivity contribution is 0.0975. The summed E-state index contributed by atoms with van der Waals surface area (Å²) in [5.74, 6) is 2.29. The second-order valence-corrected chi connectivity index (χ2v) is 11.6. The normalized spacial score (nSPS) is 17.2. The molecule has 10 nitrogen and oxygen atoms in total. The van der Waals surface area contributed by atoms with Crippen LogP contribution in [0.2, 0.25) is 0 Å². The zero-order valence-electron chi connectivity index (χ0n) is 23.2. The molecule has 0 radical (unpaired) electrons. The Hall–Kier alpha value is -3.76. The first-order valence-corrected chi connectivity index (χ1v) is 13.5. The number of benzene rings is 2. The minimum atomic E-state index is -0.375. The molecule has 2 aliphatic heterocycles. The van der Waals surface area contributed by atoms with E-state index in [1.54, 1.807) is 0 Å². The van der Waals surface area contributed by atoms with E-state index in [9.17, 15) is 4.79 Å². The molecular formula is C29H35N7O3. The molecular weight excluding hydrogens is 494 g/mol. The van der Waals surface area contributed by atoms with Gasteiger partial charge in [0.2, 0.25) is 6.79 Å². The van der Waals surface area contributed by atoms with E-state index in [0.29, 0.717) is 11.4 Å². The molecule has 4 aromatic rings. The van der Waals surface area contributed by atoms with Gasteiger partial charge in [0.1, 0.15) is 6.04 Å². The van der Waals surface area contributed by atoms with E-state index in [0.717, 1.165) is 66.3 Å². The monoisotopic (exact) mass is 529 g/mol. The molecule has 2 aliphatic rings. The molecule has 0 spiro atoms.